The fourth-order valence-corrected chi connectivity index (χ4v) is 0.0577. The van der Waals surface area contributed by atoms with Gasteiger partial charge in [-0.25, -0.2) is 4.79 Å². The smallest absolute Gasteiger partial charge is 0.309 e. The first-order chi connectivity index (χ1) is 4.54. The van der Waals surface area contributed by atoms with Gasteiger partial charge in [-0.3, -0.25) is 0 Å². The summed E-state index contributed by atoms with van der Waals surface area (Å²) in [5.74, 6) is 0. The van der Waals surface area contributed by atoms with E-state index in [-0.39, 0.29) is 24.8 Å². The van der Waals surface area contributed by atoms with Crippen molar-refractivity contribution in [3.63, 3.8) is 0 Å². The zero-order chi connectivity index (χ0) is 8.57. The number of amides is 2. The van der Waals surface area contributed by atoms with Crippen LogP contribution in [0, 0.1) is 0 Å². The highest BCUT2D eigenvalue weighted by Crippen LogP contribution is 1.71. The summed E-state index contributed by atoms with van der Waals surface area (Å²) in [6.45, 7) is -0.729. The number of urea groups is 1. The minimum atomic E-state index is -0.954. The van der Waals surface area contributed by atoms with Crippen LogP contribution >= 0.6 is 0 Å². The number of primary amides is 2. The number of quaternary nitrogens is 1. The average molecular weight is 187 g/mol. The van der Waals surface area contributed by atoms with Gasteiger partial charge in [0.05, 0.1) is 13.2 Å². The van der Waals surface area contributed by atoms with E-state index in [1.807, 2.05) is 0 Å². The van der Waals surface area contributed by atoms with Gasteiger partial charge in [0.1, 0.15) is 6.10 Å². The van der Waals surface area contributed by atoms with Crippen LogP contribution in [0.15, 0.2) is 0 Å². The second-order valence-electron chi connectivity index (χ2n) is 1.42. The summed E-state index contributed by atoms with van der Waals surface area (Å²) in [6.07, 6.45) is -0.954. The van der Waals surface area contributed by atoms with Gasteiger partial charge >= 0.3 is 6.03 Å². The van der Waals surface area contributed by atoms with Gasteiger partial charge in [-0.1, -0.05) is 0 Å². The number of aliphatic hydroxyl groups excluding tert-OH is 3. The van der Waals surface area contributed by atoms with E-state index in [0.717, 1.165) is 0 Å². The summed E-state index contributed by atoms with van der Waals surface area (Å²) in [5, 5.41) is 24.0. The highest BCUT2D eigenvalue weighted by Gasteiger charge is 1.93. The first-order valence-corrected chi connectivity index (χ1v) is 2.49. The molecule has 0 unspecified atom stereocenters. The van der Waals surface area contributed by atoms with Crippen molar-refractivity contribution in [3.8, 4) is 0 Å². The molecule has 0 aliphatic heterocycles. The van der Waals surface area contributed by atoms with Crippen molar-refractivity contribution in [3.05, 3.63) is 0 Å². The summed E-state index contributed by atoms with van der Waals surface area (Å²) in [4.78, 5) is 9.00. The number of carbonyl (C=O) groups excluding carboxylic acids is 1. The summed E-state index contributed by atoms with van der Waals surface area (Å²) < 4.78 is 0. The first-order valence-electron chi connectivity index (χ1n) is 2.49. The lowest BCUT2D eigenvalue weighted by atomic mass is 10.4. The summed E-state index contributed by atoms with van der Waals surface area (Å²) in [5.41, 5.74) is 8.50. The van der Waals surface area contributed by atoms with E-state index < -0.39 is 12.1 Å². The molecule has 2 amide bonds. The number of carbonyl (C=O) groups is 1. The fourth-order valence-electron chi connectivity index (χ4n) is 0.0577. The molecular weight excluding hydrogens is 170 g/mol. The Morgan fingerprint density at radius 3 is 1.42 bits per heavy atom. The predicted octanol–water partition coefficient (Wildman–Crippen LogP) is -2.44. The Kier molecular flexibility index (Phi) is 31.0. The van der Waals surface area contributed by atoms with E-state index >= 15 is 0 Å². The Bertz CT molecular complexity index is 82.8. The molecule has 0 heterocycles. The van der Waals surface area contributed by atoms with Crippen molar-refractivity contribution >= 4 is 6.03 Å². The molecule has 12 N–H and O–H groups in total. The van der Waals surface area contributed by atoms with Crippen molar-refractivity contribution in [2.45, 2.75) is 6.10 Å². The number of nitrogens with two attached hydrogens (primary N) is 2. The Labute approximate surface area is 69.7 Å². The molecule has 0 bridgehead atoms. The quantitative estimate of drug-likeness (QED) is 0.278. The van der Waals surface area contributed by atoms with Crippen LogP contribution in [0.4, 0.5) is 4.79 Å². The molecule has 0 spiro atoms. The van der Waals surface area contributed by atoms with Crippen LogP contribution in [0.1, 0.15) is 0 Å². The molecule has 0 aliphatic rings. The van der Waals surface area contributed by atoms with Crippen molar-refractivity contribution in [2.75, 3.05) is 13.2 Å². The number of hydrogen-bond donors (Lipinski definition) is 6. The van der Waals surface area contributed by atoms with Gasteiger partial charge in [-0.05, 0) is 0 Å². The molecule has 0 aliphatic carbocycles. The van der Waals surface area contributed by atoms with Gasteiger partial charge < -0.3 is 38.4 Å². The standard InChI is InChI=1S/C3H8O3.CH4N2O.H3N.H2O/c4-1-3(6)2-5;2-1(3)4;;/h3-6H,1-2H2;(H4,2,3,4);1H3;1H2. The normalized spacial score (nSPS) is 7.00. The van der Waals surface area contributed by atoms with E-state index in [0.29, 0.717) is 0 Å². The first kappa shape index (κ1) is 22.5. The van der Waals surface area contributed by atoms with E-state index in [2.05, 4.69) is 11.5 Å². The molecule has 0 fully saturated rings. The number of aliphatic hydroxyl groups is 3. The number of rotatable bonds is 2. The molecule has 0 saturated carbocycles. The topological polar surface area (TPSA) is 196 Å². The third-order valence-electron chi connectivity index (χ3n) is 0.421. The maximum atomic E-state index is 9.00. The zero-order valence-electron chi connectivity index (χ0n) is 6.84. The van der Waals surface area contributed by atoms with Crippen LogP contribution in [0.5, 0.6) is 0 Å². The van der Waals surface area contributed by atoms with Crippen LogP contribution in [0.3, 0.4) is 0 Å². The molecule has 0 radical (unpaired) electrons. The molecule has 0 aromatic carbocycles. The van der Waals surface area contributed by atoms with Gasteiger partial charge in [0.25, 0.3) is 0 Å². The Balaban J connectivity index is -0.0000000483. The molecular formula is C4H17N3O5. The highest BCUT2D eigenvalue weighted by atomic mass is 16.3. The van der Waals surface area contributed by atoms with Crippen molar-refractivity contribution in [1.29, 1.82) is 0 Å². The molecule has 0 atom stereocenters. The molecule has 12 heavy (non-hydrogen) atoms. The lowest BCUT2D eigenvalue weighted by Gasteiger charge is -1.96. The van der Waals surface area contributed by atoms with Gasteiger partial charge in [0.15, 0.2) is 0 Å². The molecule has 8 nitrogen and oxygen atoms in total. The van der Waals surface area contributed by atoms with Gasteiger partial charge in [-0.2, -0.15) is 0 Å². The molecule has 0 aromatic rings. The zero-order valence-corrected chi connectivity index (χ0v) is 6.84. The second kappa shape index (κ2) is 16.6. The molecule has 8 heteroatoms. The third-order valence-corrected chi connectivity index (χ3v) is 0.421. The van der Waals surface area contributed by atoms with E-state index in [1.54, 1.807) is 0 Å². The van der Waals surface area contributed by atoms with Gasteiger partial charge in [0.2, 0.25) is 0 Å². The Morgan fingerprint density at radius 2 is 1.42 bits per heavy atom. The summed E-state index contributed by atoms with van der Waals surface area (Å²) in [6, 6.07) is -0.833. The maximum absolute atomic E-state index is 9.00. The Hall–Kier alpha value is -0.930. The average Bonchev–Trinajstić information content (AvgIpc) is 1.85. The lowest BCUT2D eigenvalue weighted by molar-refractivity contribution is 0.0450. The molecule has 0 rings (SSSR count). The summed E-state index contributed by atoms with van der Waals surface area (Å²) in [7, 11) is 0. The van der Waals surface area contributed by atoms with Crippen molar-refractivity contribution in [2.24, 2.45) is 11.5 Å². The molecule has 0 aromatic heterocycles. The molecule has 78 valence electrons. The van der Waals surface area contributed by atoms with E-state index in [1.165, 1.54) is 0 Å². The number of hydrogen-bond acceptors (Lipinski definition) is 5. The third kappa shape index (κ3) is 62.7. The fraction of sp³-hybridized carbons (Fsp3) is 0.750. The second-order valence-corrected chi connectivity index (χ2v) is 1.42. The van der Waals surface area contributed by atoms with Crippen molar-refractivity contribution < 1.29 is 25.6 Å². The van der Waals surface area contributed by atoms with E-state index in [4.69, 9.17) is 20.1 Å². The minimum absolute atomic E-state index is 0. The van der Waals surface area contributed by atoms with Crippen LogP contribution in [0.2, 0.25) is 0 Å². The summed E-state index contributed by atoms with van der Waals surface area (Å²) >= 11 is 0. The monoisotopic (exact) mass is 187 g/mol. The minimum Gasteiger partial charge on any atom is -0.870 e. The van der Waals surface area contributed by atoms with Crippen LogP contribution < -0.4 is 17.6 Å². The predicted molar refractivity (Wildman–Crippen MR) is 41.9 cm³/mol. The van der Waals surface area contributed by atoms with Crippen LogP contribution in [-0.4, -0.2) is 46.1 Å². The van der Waals surface area contributed by atoms with Crippen LogP contribution in [0.25, 0.3) is 0 Å². The van der Waals surface area contributed by atoms with Gasteiger partial charge in [0, 0.05) is 0 Å². The maximum Gasteiger partial charge on any atom is 0.309 e. The lowest BCUT2D eigenvalue weighted by Crippen LogP contribution is -2.18. The molecule has 0 saturated heterocycles. The largest absolute Gasteiger partial charge is 0.870 e. The SMILES string of the molecule is NC(N)=O.OCC(O)CO.[NH4+].[OH-]. The Morgan fingerprint density at radius 1 is 1.25 bits per heavy atom. The van der Waals surface area contributed by atoms with Crippen LogP contribution in [-0.2, 0) is 0 Å². The van der Waals surface area contributed by atoms with Gasteiger partial charge in [-0.15, -0.1) is 0 Å². The van der Waals surface area contributed by atoms with E-state index in [9.17, 15) is 0 Å². The van der Waals surface area contributed by atoms with Crippen molar-refractivity contribution in [1.82, 2.24) is 6.15 Å². The highest BCUT2D eigenvalue weighted by molar-refractivity contribution is 5.69.